The summed E-state index contributed by atoms with van der Waals surface area (Å²) in [5.74, 6) is -0.949. The van der Waals surface area contributed by atoms with E-state index in [2.05, 4.69) is 10.3 Å². The highest BCUT2D eigenvalue weighted by molar-refractivity contribution is 6.32. The number of methoxy groups -OCH3 is 2. The predicted octanol–water partition coefficient (Wildman–Crippen LogP) is 1.63. The number of hydrogen-bond acceptors (Lipinski definition) is 6. The Labute approximate surface area is 180 Å². The van der Waals surface area contributed by atoms with Gasteiger partial charge in [-0.05, 0) is 23.8 Å². The average molecular weight is 448 g/mol. The summed E-state index contributed by atoms with van der Waals surface area (Å²) in [6, 6.07) is 7.51. The first-order valence-electron chi connectivity index (χ1n) is 8.92. The van der Waals surface area contributed by atoms with E-state index in [0.717, 1.165) is 0 Å². The zero-order valence-electron chi connectivity index (χ0n) is 16.5. The molecule has 0 bridgehead atoms. The number of carbonyl (C=O) groups excluding carboxylic acids is 1. The van der Waals surface area contributed by atoms with Crippen LogP contribution in [0.4, 0.5) is 5.69 Å². The van der Waals surface area contributed by atoms with Crippen LogP contribution in [0.5, 0.6) is 11.5 Å². The van der Waals surface area contributed by atoms with E-state index in [9.17, 15) is 19.2 Å². The number of ether oxygens (including phenoxy) is 2. The quantitative estimate of drug-likeness (QED) is 0.500. The molecule has 0 saturated carbocycles. The van der Waals surface area contributed by atoms with E-state index in [1.807, 2.05) is 0 Å². The van der Waals surface area contributed by atoms with Crippen LogP contribution in [0.1, 0.15) is 5.56 Å². The minimum atomic E-state index is -1.31. The molecule has 0 saturated heterocycles. The molecule has 1 aromatic heterocycles. The van der Waals surface area contributed by atoms with Crippen LogP contribution in [-0.2, 0) is 22.6 Å². The second kappa shape index (κ2) is 8.92. The van der Waals surface area contributed by atoms with Crippen molar-refractivity contribution in [1.29, 1.82) is 0 Å². The van der Waals surface area contributed by atoms with Crippen molar-refractivity contribution in [2.75, 3.05) is 19.5 Å². The first-order valence-corrected chi connectivity index (χ1v) is 9.30. The molecule has 10 nitrogen and oxygen atoms in total. The Balaban J connectivity index is 1.86. The van der Waals surface area contributed by atoms with Crippen molar-refractivity contribution in [3.05, 3.63) is 61.8 Å². The lowest BCUT2D eigenvalue weighted by atomic mass is 10.1. The van der Waals surface area contributed by atoms with Gasteiger partial charge in [0.25, 0.3) is 5.56 Å². The molecule has 3 rings (SSSR count). The number of rotatable bonds is 7. The van der Waals surface area contributed by atoms with E-state index in [4.69, 9.17) is 26.2 Å². The Kier molecular flexibility index (Phi) is 6.30. The predicted molar refractivity (Wildman–Crippen MR) is 113 cm³/mol. The second-order valence-corrected chi connectivity index (χ2v) is 6.91. The van der Waals surface area contributed by atoms with Gasteiger partial charge in [-0.1, -0.05) is 17.7 Å². The maximum absolute atomic E-state index is 12.5. The van der Waals surface area contributed by atoms with Crippen LogP contribution < -0.4 is 26.0 Å². The van der Waals surface area contributed by atoms with Gasteiger partial charge in [0, 0.05) is 6.07 Å². The van der Waals surface area contributed by atoms with Crippen LogP contribution in [0.3, 0.4) is 0 Å². The Morgan fingerprint density at radius 1 is 1.13 bits per heavy atom. The lowest BCUT2D eigenvalue weighted by Crippen LogP contribution is -2.37. The van der Waals surface area contributed by atoms with Crippen molar-refractivity contribution in [1.82, 2.24) is 9.55 Å². The highest BCUT2D eigenvalue weighted by Crippen LogP contribution is 2.35. The number of amides is 1. The van der Waals surface area contributed by atoms with Crippen molar-refractivity contribution in [2.45, 2.75) is 13.0 Å². The van der Waals surface area contributed by atoms with E-state index in [-0.39, 0.29) is 23.2 Å². The second-order valence-electron chi connectivity index (χ2n) is 6.51. The van der Waals surface area contributed by atoms with Crippen LogP contribution in [0.15, 0.2) is 39.9 Å². The molecule has 3 N–H and O–H groups in total. The van der Waals surface area contributed by atoms with E-state index < -0.39 is 23.8 Å². The molecule has 0 aliphatic carbocycles. The van der Waals surface area contributed by atoms with Crippen molar-refractivity contribution in [3.63, 3.8) is 0 Å². The molecule has 11 heteroatoms. The molecule has 0 spiro atoms. The van der Waals surface area contributed by atoms with Crippen molar-refractivity contribution < 1.29 is 24.2 Å². The zero-order chi connectivity index (χ0) is 22.7. The van der Waals surface area contributed by atoms with Gasteiger partial charge in [0.2, 0.25) is 5.91 Å². The molecule has 0 radical (unpaired) electrons. The molecule has 3 aromatic rings. The molecule has 0 unspecified atom stereocenters. The van der Waals surface area contributed by atoms with Gasteiger partial charge in [0.05, 0.1) is 42.3 Å². The van der Waals surface area contributed by atoms with E-state index >= 15 is 0 Å². The van der Waals surface area contributed by atoms with E-state index in [1.54, 1.807) is 12.1 Å². The minimum Gasteiger partial charge on any atom is -0.495 e. The molecule has 0 atom stereocenters. The Hall–Kier alpha value is -3.79. The van der Waals surface area contributed by atoms with Gasteiger partial charge < -0.3 is 24.9 Å². The highest BCUT2D eigenvalue weighted by atomic mass is 35.5. The van der Waals surface area contributed by atoms with Crippen LogP contribution >= 0.6 is 11.6 Å². The number of aromatic amines is 1. The monoisotopic (exact) mass is 447 g/mol. The molecule has 0 aliphatic rings. The van der Waals surface area contributed by atoms with Gasteiger partial charge in [0.15, 0.2) is 0 Å². The Morgan fingerprint density at radius 2 is 1.84 bits per heavy atom. The largest absolute Gasteiger partial charge is 0.495 e. The zero-order valence-corrected chi connectivity index (χ0v) is 17.3. The average Bonchev–Trinajstić information content (AvgIpc) is 2.71. The molecule has 1 heterocycles. The first kappa shape index (κ1) is 21.9. The Bertz CT molecular complexity index is 1300. The fraction of sp³-hybridized carbons (Fsp3) is 0.200. The van der Waals surface area contributed by atoms with Crippen LogP contribution in [0.2, 0.25) is 5.02 Å². The lowest BCUT2D eigenvalue weighted by Gasteiger charge is -2.13. The third kappa shape index (κ3) is 4.69. The van der Waals surface area contributed by atoms with Gasteiger partial charge >= 0.3 is 11.7 Å². The molecule has 1 amide bonds. The number of fused-ring (bicyclic) bond motifs is 1. The molecule has 162 valence electrons. The summed E-state index contributed by atoms with van der Waals surface area (Å²) in [5.41, 5.74) is -0.500. The first-order chi connectivity index (χ1) is 14.7. The van der Waals surface area contributed by atoms with E-state index in [1.165, 1.54) is 32.4 Å². The number of benzene rings is 2. The SMILES string of the molecule is COc1cc(OC)c(NC(=O)Cc2ccc3c(=O)n(CC(=O)O)c(=O)[nH]c3c2)cc1Cl. The fourth-order valence-electron chi connectivity index (χ4n) is 3.03. The summed E-state index contributed by atoms with van der Waals surface area (Å²) in [6.45, 7) is -0.749. The standard InChI is InChI=1S/C20H18ClN3O7/c1-30-15-8-16(31-2)14(7-12(15)21)22-17(25)6-10-3-4-11-13(5-10)23-20(29)24(19(11)28)9-18(26)27/h3-5,7-8H,6,9H2,1-2H3,(H,22,25)(H,23,29)(H,26,27). The number of aliphatic carboxylic acids is 1. The number of H-pyrrole nitrogens is 1. The summed E-state index contributed by atoms with van der Waals surface area (Å²) < 4.78 is 11.0. The number of nitrogens with one attached hydrogen (secondary N) is 2. The molecule has 2 aromatic carbocycles. The van der Waals surface area contributed by atoms with Crippen molar-refractivity contribution in [3.8, 4) is 11.5 Å². The van der Waals surface area contributed by atoms with Gasteiger partial charge in [-0.25, -0.2) is 9.36 Å². The fourth-order valence-corrected chi connectivity index (χ4v) is 3.27. The number of halogens is 1. The topological polar surface area (TPSA) is 140 Å². The molecule has 0 fully saturated rings. The summed E-state index contributed by atoms with van der Waals surface area (Å²) in [5, 5.41) is 12.0. The summed E-state index contributed by atoms with van der Waals surface area (Å²) in [7, 11) is 2.90. The highest BCUT2D eigenvalue weighted by Gasteiger charge is 2.15. The number of carbonyl (C=O) groups is 2. The maximum Gasteiger partial charge on any atom is 0.329 e. The van der Waals surface area contributed by atoms with E-state index in [0.29, 0.717) is 32.3 Å². The van der Waals surface area contributed by atoms with Gasteiger partial charge in [0.1, 0.15) is 18.0 Å². The lowest BCUT2D eigenvalue weighted by molar-refractivity contribution is -0.137. The Morgan fingerprint density at radius 3 is 2.48 bits per heavy atom. The molecular formula is C20H18ClN3O7. The number of carboxylic acid groups (broad SMARTS) is 1. The number of anilines is 1. The summed E-state index contributed by atoms with van der Waals surface area (Å²) in [6.07, 6.45) is -0.0665. The summed E-state index contributed by atoms with van der Waals surface area (Å²) in [4.78, 5) is 50.3. The van der Waals surface area contributed by atoms with Gasteiger partial charge in [-0.3, -0.25) is 14.4 Å². The molecule has 31 heavy (non-hydrogen) atoms. The normalized spacial score (nSPS) is 10.7. The maximum atomic E-state index is 12.5. The van der Waals surface area contributed by atoms with Crippen LogP contribution in [-0.4, -0.2) is 40.8 Å². The number of carboxylic acids is 1. The van der Waals surface area contributed by atoms with Crippen LogP contribution in [0.25, 0.3) is 10.9 Å². The number of aromatic nitrogens is 2. The minimum absolute atomic E-state index is 0.0665. The third-order valence-corrected chi connectivity index (χ3v) is 4.75. The number of nitrogens with zero attached hydrogens (tertiary/aromatic N) is 1. The van der Waals surface area contributed by atoms with Crippen molar-refractivity contribution in [2.24, 2.45) is 0 Å². The van der Waals surface area contributed by atoms with Gasteiger partial charge in [-0.2, -0.15) is 0 Å². The summed E-state index contributed by atoms with van der Waals surface area (Å²) >= 11 is 6.11. The van der Waals surface area contributed by atoms with Gasteiger partial charge in [-0.15, -0.1) is 0 Å². The molecule has 0 aliphatic heterocycles. The smallest absolute Gasteiger partial charge is 0.329 e. The van der Waals surface area contributed by atoms with Crippen molar-refractivity contribution >= 4 is 40.1 Å². The number of hydrogen-bond donors (Lipinski definition) is 3. The van der Waals surface area contributed by atoms with Crippen LogP contribution in [0, 0.1) is 0 Å². The molecular weight excluding hydrogens is 430 g/mol. The third-order valence-electron chi connectivity index (χ3n) is 4.45.